The van der Waals surface area contributed by atoms with Crippen LogP contribution < -0.4 is 20.6 Å². The molecule has 2 aromatic rings. The van der Waals surface area contributed by atoms with Crippen LogP contribution >= 0.6 is 7.75 Å². The molecule has 0 spiro atoms. The van der Waals surface area contributed by atoms with Crippen LogP contribution in [0.25, 0.3) is 0 Å². The minimum Gasteiger partial charge on any atom is -0.462 e. The Morgan fingerprint density at radius 1 is 1.21 bits per heavy atom. The lowest BCUT2D eigenvalue weighted by molar-refractivity contribution is -0.149. The average molecular weight is 618 g/mol. The number of hydrogen-bond donors (Lipinski definition) is 3. The van der Waals surface area contributed by atoms with Crippen molar-refractivity contribution in [3.05, 3.63) is 53.1 Å². The molecule has 0 bridgehead atoms. The molecule has 1 saturated heterocycles. The minimum absolute atomic E-state index is 0.00711. The average Bonchev–Trinajstić information content (AvgIpc) is 3.10. The molecule has 1 amide bonds. The summed E-state index contributed by atoms with van der Waals surface area (Å²) in [5.41, 5.74) is -1.19. The fourth-order valence-electron chi connectivity index (χ4n) is 3.74. The topological polar surface area (TPSA) is 171 Å². The van der Waals surface area contributed by atoms with Gasteiger partial charge in [-0.1, -0.05) is 18.2 Å². The van der Waals surface area contributed by atoms with Crippen LogP contribution in [0.15, 0.2) is 47.4 Å². The Kier molecular flexibility index (Phi) is 10.9. The third-order valence-corrected chi connectivity index (χ3v) is 7.27. The molecule has 3 rings (SSSR count). The molecular weight excluding hydrogens is 583 g/mol. The van der Waals surface area contributed by atoms with Crippen molar-refractivity contribution < 1.29 is 46.6 Å². The van der Waals surface area contributed by atoms with E-state index in [-0.39, 0.29) is 18.1 Å². The van der Waals surface area contributed by atoms with Gasteiger partial charge in [-0.05, 0) is 53.1 Å². The lowest BCUT2D eigenvalue weighted by Gasteiger charge is -2.25. The minimum atomic E-state index is -4.46. The third kappa shape index (κ3) is 8.63. The van der Waals surface area contributed by atoms with Crippen LogP contribution in [-0.4, -0.2) is 89.0 Å². The second-order valence-electron chi connectivity index (χ2n) is 9.97. The molecule has 3 N–H and O–H groups in total. The molecule has 1 fully saturated rings. The number of carbonyl (C=O) groups excluding carboxylic acids is 2. The zero-order valence-corrected chi connectivity index (χ0v) is 24.5. The molecule has 17 heteroatoms. The Morgan fingerprint density at radius 2 is 1.88 bits per heavy atom. The van der Waals surface area contributed by atoms with E-state index >= 15 is 8.78 Å². The van der Waals surface area contributed by atoms with E-state index in [1.807, 2.05) is 0 Å². The summed E-state index contributed by atoms with van der Waals surface area (Å²) in [5.74, 6) is -5.37. The molecule has 1 aliphatic rings. The Bertz CT molecular complexity index is 1350. The van der Waals surface area contributed by atoms with E-state index in [0.717, 1.165) is 12.3 Å². The summed E-state index contributed by atoms with van der Waals surface area (Å²) < 4.78 is 65.5. The number of nitrogens with one attached hydrogen (secondary N) is 2. The van der Waals surface area contributed by atoms with Crippen LogP contribution in [0.4, 0.5) is 14.6 Å². The van der Waals surface area contributed by atoms with Crippen molar-refractivity contribution in [3.8, 4) is 5.75 Å². The Hall–Kier alpha value is -3.27. The smallest absolute Gasteiger partial charge is 0.459 e. The maximum atomic E-state index is 15.1. The lowest BCUT2D eigenvalue weighted by atomic mass is 10.1. The van der Waals surface area contributed by atoms with Crippen LogP contribution in [0.3, 0.4) is 0 Å². The number of carbonyl (C=O) groups is 2. The SMILES string of the molecule is CC(C)OC(=O)[C@H](C)N[P@@](=O)(OCC1O[C@@H](n2ccc(NC(=O)CN(C)C)nc2=O)C(F)(F)[C@@H]1O)Oc1ccccc1. The van der Waals surface area contributed by atoms with E-state index in [4.69, 9.17) is 18.5 Å². The number of ether oxygens (including phenoxy) is 2. The number of anilines is 1. The van der Waals surface area contributed by atoms with E-state index in [2.05, 4.69) is 15.4 Å². The van der Waals surface area contributed by atoms with Gasteiger partial charge in [0.2, 0.25) is 12.1 Å². The molecule has 1 unspecified atom stereocenters. The number of hydrogen-bond acceptors (Lipinski definition) is 11. The highest BCUT2D eigenvalue weighted by atomic mass is 31.2. The van der Waals surface area contributed by atoms with Crippen LogP contribution in [-0.2, 0) is 28.2 Å². The maximum Gasteiger partial charge on any atom is 0.459 e. The van der Waals surface area contributed by atoms with Gasteiger partial charge in [-0.3, -0.25) is 18.7 Å². The lowest BCUT2D eigenvalue weighted by Crippen LogP contribution is -2.42. The molecule has 1 aliphatic heterocycles. The number of amides is 1. The molecule has 0 saturated carbocycles. The number of likely N-dealkylation sites (N-methyl/N-ethyl adjacent to an activating group) is 1. The number of benzene rings is 1. The van der Waals surface area contributed by atoms with Gasteiger partial charge in [-0.15, -0.1) is 0 Å². The van der Waals surface area contributed by atoms with Gasteiger partial charge in [-0.2, -0.15) is 18.9 Å². The van der Waals surface area contributed by atoms with Crippen LogP contribution in [0.1, 0.15) is 27.0 Å². The second-order valence-corrected chi connectivity index (χ2v) is 11.7. The molecule has 5 atom stereocenters. The van der Waals surface area contributed by atoms with Gasteiger partial charge >= 0.3 is 25.3 Å². The fraction of sp³-hybridized carbons (Fsp3) is 0.520. The standard InChI is InChI=1S/C25H34F2N5O9P/c1-15(2)39-22(35)16(3)30-42(37,41-17-9-7-6-8-10-17)38-14-18-21(34)25(26,27)23(40-18)32-12-11-19(29-24(32)36)28-20(33)13-31(4)5/h6-12,15-16,18,21,23,34H,13-14H2,1-5H3,(H,30,37)(H,28,29,33,36)/t16-,18?,21+,23+,42+/m0/s1. The van der Waals surface area contributed by atoms with E-state index in [0.29, 0.717) is 4.57 Å². The van der Waals surface area contributed by atoms with E-state index in [9.17, 15) is 24.1 Å². The van der Waals surface area contributed by atoms with E-state index in [1.54, 1.807) is 51.0 Å². The predicted molar refractivity (Wildman–Crippen MR) is 145 cm³/mol. The number of rotatable bonds is 13. The highest BCUT2D eigenvalue weighted by Crippen LogP contribution is 2.48. The number of halogens is 2. The number of esters is 1. The molecular formula is C25H34F2N5O9P. The summed E-state index contributed by atoms with van der Waals surface area (Å²) in [6.07, 6.45) is -6.14. The summed E-state index contributed by atoms with van der Waals surface area (Å²) in [4.78, 5) is 42.0. The van der Waals surface area contributed by atoms with Crippen LogP contribution in [0.5, 0.6) is 5.75 Å². The Labute approximate surface area is 240 Å². The van der Waals surface area contributed by atoms with Crippen LogP contribution in [0, 0.1) is 0 Å². The molecule has 0 radical (unpaired) electrons. The summed E-state index contributed by atoms with van der Waals surface area (Å²) >= 11 is 0. The van der Waals surface area contributed by atoms with Gasteiger partial charge in [0.05, 0.1) is 19.3 Å². The maximum absolute atomic E-state index is 15.1. The summed E-state index contributed by atoms with van der Waals surface area (Å²) in [6.45, 7) is 3.68. The molecule has 14 nitrogen and oxygen atoms in total. The number of aliphatic hydroxyl groups excluding tert-OH is 1. The first-order chi connectivity index (χ1) is 19.6. The first-order valence-electron chi connectivity index (χ1n) is 12.8. The second kappa shape index (κ2) is 13.8. The molecule has 232 valence electrons. The van der Waals surface area contributed by atoms with Gasteiger partial charge in [0, 0.05) is 6.20 Å². The van der Waals surface area contributed by atoms with Crippen molar-refractivity contribution in [2.45, 2.75) is 57.3 Å². The first kappa shape index (κ1) is 33.2. The highest BCUT2D eigenvalue weighted by molar-refractivity contribution is 7.52. The van der Waals surface area contributed by atoms with Crippen molar-refractivity contribution in [1.82, 2.24) is 19.5 Å². The quantitative estimate of drug-likeness (QED) is 0.220. The normalized spacial score (nSPS) is 22.0. The van der Waals surface area contributed by atoms with E-state index in [1.165, 1.54) is 19.1 Å². The van der Waals surface area contributed by atoms with Gasteiger partial charge in [0.1, 0.15) is 23.7 Å². The number of aromatic nitrogens is 2. The zero-order chi connectivity index (χ0) is 31.2. The van der Waals surface area contributed by atoms with Crippen molar-refractivity contribution in [3.63, 3.8) is 0 Å². The summed E-state index contributed by atoms with van der Waals surface area (Å²) in [6, 6.07) is 7.64. The van der Waals surface area contributed by atoms with Crippen molar-refractivity contribution in [2.24, 2.45) is 0 Å². The van der Waals surface area contributed by atoms with Crippen molar-refractivity contribution in [1.29, 1.82) is 0 Å². The van der Waals surface area contributed by atoms with Gasteiger partial charge in [0.15, 0.2) is 6.10 Å². The Morgan fingerprint density at radius 3 is 2.48 bits per heavy atom. The number of alkyl halides is 2. The third-order valence-electron chi connectivity index (χ3n) is 5.62. The predicted octanol–water partition coefficient (Wildman–Crippen LogP) is 1.77. The van der Waals surface area contributed by atoms with Gasteiger partial charge < -0.3 is 29.3 Å². The number of para-hydroxylation sites is 1. The van der Waals surface area contributed by atoms with Crippen LogP contribution in [0.2, 0.25) is 0 Å². The molecule has 42 heavy (non-hydrogen) atoms. The molecule has 1 aromatic heterocycles. The molecule has 0 aliphatic carbocycles. The zero-order valence-electron chi connectivity index (χ0n) is 23.6. The monoisotopic (exact) mass is 617 g/mol. The van der Waals surface area contributed by atoms with E-state index < -0.39 is 68.4 Å². The Balaban J connectivity index is 1.77. The fourth-order valence-corrected chi connectivity index (χ4v) is 5.24. The van der Waals surface area contributed by atoms with Gasteiger partial charge in [-0.25, -0.2) is 9.36 Å². The number of aliphatic hydroxyl groups is 1. The summed E-state index contributed by atoms with van der Waals surface area (Å²) in [7, 11) is -1.15. The highest BCUT2D eigenvalue weighted by Gasteiger charge is 2.60. The molecule has 1 aromatic carbocycles. The first-order valence-corrected chi connectivity index (χ1v) is 14.4. The molecule has 2 heterocycles. The summed E-state index contributed by atoms with van der Waals surface area (Å²) in [5, 5.41) is 15.1. The largest absolute Gasteiger partial charge is 0.462 e. The van der Waals surface area contributed by atoms with Gasteiger partial charge in [0.25, 0.3) is 0 Å². The van der Waals surface area contributed by atoms with Crippen molar-refractivity contribution >= 4 is 25.4 Å². The van der Waals surface area contributed by atoms with Crippen molar-refractivity contribution in [2.75, 3.05) is 32.6 Å². The number of nitrogens with zero attached hydrogens (tertiary/aromatic N) is 3.